The smallest absolute Gasteiger partial charge is 0.233 e. The zero-order valence-corrected chi connectivity index (χ0v) is 24.2. The second-order valence-electron chi connectivity index (χ2n) is 10.5. The first-order valence-electron chi connectivity index (χ1n) is 14.9. The number of hydrogen-bond acceptors (Lipinski definition) is 8. The summed E-state index contributed by atoms with van der Waals surface area (Å²) in [4.78, 5) is 16.7. The number of hydrogen-bond donors (Lipinski definition) is 3. The lowest BCUT2D eigenvalue weighted by atomic mass is 9.89. The Bertz CT molecular complexity index is 997. The molecule has 210 valence electrons. The van der Waals surface area contributed by atoms with Crippen LogP contribution in [0.4, 0.5) is 23.5 Å². The van der Waals surface area contributed by atoms with Gasteiger partial charge in [0.25, 0.3) is 0 Å². The van der Waals surface area contributed by atoms with Crippen molar-refractivity contribution < 1.29 is 4.74 Å². The largest absolute Gasteiger partial charge is 0.489 e. The number of nitrogens with one attached hydrogen (secondary N) is 3. The highest BCUT2D eigenvalue weighted by atomic mass is 35.5. The minimum atomic E-state index is 0.310. The van der Waals surface area contributed by atoms with Crippen LogP contribution in [0.2, 0.25) is 5.02 Å². The summed E-state index contributed by atoms with van der Waals surface area (Å²) >= 11 is 6.48. The fraction of sp³-hybridized carbons (Fsp3) is 0.690. The minimum absolute atomic E-state index is 0.310. The Morgan fingerprint density at radius 3 is 2.29 bits per heavy atom. The molecule has 3 aliphatic rings. The van der Waals surface area contributed by atoms with Crippen molar-refractivity contribution in [1.82, 2.24) is 19.9 Å². The van der Waals surface area contributed by atoms with Gasteiger partial charge in [-0.05, 0) is 82.2 Å². The predicted molar refractivity (Wildman–Crippen MR) is 158 cm³/mol. The molecule has 2 saturated carbocycles. The van der Waals surface area contributed by atoms with Crippen LogP contribution in [0.1, 0.15) is 85.0 Å². The highest BCUT2D eigenvalue weighted by molar-refractivity contribution is 6.32. The third-order valence-corrected chi connectivity index (χ3v) is 7.72. The summed E-state index contributed by atoms with van der Waals surface area (Å²) in [7, 11) is 0. The van der Waals surface area contributed by atoms with Gasteiger partial charge in [0.15, 0.2) is 0 Å². The Balaban J connectivity index is 0.00000164. The molecule has 3 fully saturated rings. The SMILES string of the molecule is CC.CCCN1CCCC1CNc1nc(NCC2CCCCC2)nc(Nc2ccc(OC3CC3)c(Cl)c2)n1. The molecule has 3 N–H and O–H groups in total. The Hall–Kier alpha value is -2.32. The highest BCUT2D eigenvalue weighted by Gasteiger charge is 2.25. The van der Waals surface area contributed by atoms with Gasteiger partial charge >= 0.3 is 0 Å². The molecule has 1 aromatic carbocycles. The van der Waals surface area contributed by atoms with Crippen molar-refractivity contribution in [3.63, 3.8) is 0 Å². The van der Waals surface area contributed by atoms with Gasteiger partial charge in [0.1, 0.15) is 5.75 Å². The molecule has 1 aliphatic heterocycles. The summed E-state index contributed by atoms with van der Waals surface area (Å²) < 4.78 is 5.87. The van der Waals surface area contributed by atoms with Crippen molar-refractivity contribution in [2.45, 2.75) is 97.1 Å². The third kappa shape index (κ3) is 8.60. The number of nitrogens with zero attached hydrogens (tertiary/aromatic N) is 4. The predicted octanol–water partition coefficient (Wildman–Crippen LogP) is 7.11. The van der Waals surface area contributed by atoms with Crippen molar-refractivity contribution in [2.24, 2.45) is 5.92 Å². The highest BCUT2D eigenvalue weighted by Crippen LogP contribution is 2.34. The Kier molecular flexibility index (Phi) is 11.1. The molecular formula is C29H46ClN7O. The second-order valence-corrected chi connectivity index (χ2v) is 10.9. The van der Waals surface area contributed by atoms with Crippen LogP contribution in [0, 0.1) is 5.92 Å². The quantitative estimate of drug-likeness (QED) is 0.261. The zero-order valence-electron chi connectivity index (χ0n) is 23.4. The summed E-state index contributed by atoms with van der Waals surface area (Å²) in [5, 5.41) is 10.9. The summed E-state index contributed by atoms with van der Waals surface area (Å²) in [6, 6.07) is 6.26. The lowest BCUT2D eigenvalue weighted by Gasteiger charge is -2.24. The fourth-order valence-electron chi connectivity index (χ4n) is 5.30. The van der Waals surface area contributed by atoms with Gasteiger partial charge in [-0.25, -0.2) is 0 Å². The molecule has 2 aromatic rings. The van der Waals surface area contributed by atoms with Crippen LogP contribution in [-0.2, 0) is 0 Å². The van der Waals surface area contributed by atoms with E-state index in [0.717, 1.165) is 43.9 Å². The van der Waals surface area contributed by atoms with E-state index < -0.39 is 0 Å². The maximum atomic E-state index is 6.48. The van der Waals surface area contributed by atoms with E-state index in [4.69, 9.17) is 21.3 Å². The summed E-state index contributed by atoms with van der Waals surface area (Å²) in [5.41, 5.74) is 0.823. The van der Waals surface area contributed by atoms with Gasteiger partial charge in [-0.1, -0.05) is 51.6 Å². The van der Waals surface area contributed by atoms with Crippen molar-refractivity contribution >= 4 is 35.1 Å². The molecule has 2 heterocycles. The van der Waals surface area contributed by atoms with Gasteiger partial charge in [0.05, 0.1) is 11.1 Å². The topological polar surface area (TPSA) is 87.2 Å². The number of ether oxygens (including phenoxy) is 1. The number of likely N-dealkylation sites (tertiary alicyclic amines) is 1. The zero-order chi connectivity index (χ0) is 26.7. The maximum absolute atomic E-state index is 6.48. The van der Waals surface area contributed by atoms with E-state index in [1.807, 2.05) is 32.0 Å². The monoisotopic (exact) mass is 543 g/mol. The van der Waals surface area contributed by atoms with Gasteiger partial charge in [-0.2, -0.15) is 15.0 Å². The molecular weight excluding hydrogens is 498 g/mol. The van der Waals surface area contributed by atoms with Crippen LogP contribution in [0.5, 0.6) is 5.75 Å². The van der Waals surface area contributed by atoms with Crippen LogP contribution in [-0.4, -0.2) is 58.2 Å². The molecule has 1 aromatic heterocycles. The molecule has 2 aliphatic carbocycles. The van der Waals surface area contributed by atoms with E-state index in [2.05, 4.69) is 37.7 Å². The van der Waals surface area contributed by atoms with Gasteiger partial charge in [-0.15, -0.1) is 0 Å². The fourth-order valence-corrected chi connectivity index (χ4v) is 5.53. The lowest BCUT2D eigenvalue weighted by molar-refractivity contribution is 0.263. The summed E-state index contributed by atoms with van der Waals surface area (Å²) in [5.74, 6) is 3.12. The number of benzene rings is 1. The van der Waals surface area contributed by atoms with Crippen molar-refractivity contribution in [3.05, 3.63) is 23.2 Å². The van der Waals surface area contributed by atoms with Crippen molar-refractivity contribution in [3.8, 4) is 5.75 Å². The van der Waals surface area contributed by atoms with Gasteiger partial charge in [0, 0.05) is 24.8 Å². The number of anilines is 4. The molecule has 1 saturated heterocycles. The standard InChI is InChI=1S/C27H40ClN7O.C2H6/c1-2-14-35-15-6-9-21(35)18-30-26-32-25(29-17-19-7-4-3-5-8-19)33-27(34-26)31-20-10-13-24(23(28)16-20)36-22-11-12-22;1-2/h10,13,16,19,21-22H,2-9,11-12,14-15,17-18H2,1H3,(H3,29,30,31,32,33,34);1-2H3. The average Bonchev–Trinajstić information content (AvgIpc) is 3.66. The molecule has 0 amide bonds. The van der Waals surface area contributed by atoms with E-state index in [9.17, 15) is 0 Å². The lowest BCUT2D eigenvalue weighted by Crippen LogP contribution is -2.35. The molecule has 0 spiro atoms. The van der Waals surface area contributed by atoms with Gasteiger partial charge in [0.2, 0.25) is 17.8 Å². The molecule has 1 atom stereocenters. The van der Waals surface area contributed by atoms with Gasteiger partial charge < -0.3 is 20.7 Å². The van der Waals surface area contributed by atoms with Crippen LogP contribution >= 0.6 is 11.6 Å². The van der Waals surface area contributed by atoms with E-state index in [1.165, 1.54) is 57.9 Å². The molecule has 8 nitrogen and oxygen atoms in total. The molecule has 0 radical (unpaired) electrons. The Morgan fingerprint density at radius 2 is 1.61 bits per heavy atom. The minimum Gasteiger partial charge on any atom is -0.489 e. The average molecular weight is 544 g/mol. The molecule has 0 bridgehead atoms. The first-order valence-corrected chi connectivity index (χ1v) is 15.2. The van der Waals surface area contributed by atoms with Gasteiger partial charge in [-0.3, -0.25) is 4.90 Å². The maximum Gasteiger partial charge on any atom is 0.233 e. The van der Waals surface area contributed by atoms with Crippen LogP contribution in [0.25, 0.3) is 0 Å². The molecule has 38 heavy (non-hydrogen) atoms. The Morgan fingerprint density at radius 1 is 0.895 bits per heavy atom. The summed E-state index contributed by atoms with van der Waals surface area (Å²) in [6.07, 6.45) is 12.7. The van der Waals surface area contributed by atoms with Crippen LogP contribution in [0.15, 0.2) is 18.2 Å². The Labute approximate surface area is 233 Å². The number of halogens is 1. The molecule has 9 heteroatoms. The normalized spacial score (nSPS) is 19.9. The van der Waals surface area contributed by atoms with E-state index in [1.54, 1.807) is 0 Å². The van der Waals surface area contributed by atoms with Crippen molar-refractivity contribution in [2.75, 3.05) is 42.1 Å². The number of aromatic nitrogens is 3. The van der Waals surface area contributed by atoms with E-state index in [0.29, 0.717) is 40.9 Å². The van der Waals surface area contributed by atoms with E-state index >= 15 is 0 Å². The summed E-state index contributed by atoms with van der Waals surface area (Å²) in [6.45, 7) is 10.3. The molecule has 5 rings (SSSR count). The first kappa shape index (κ1) is 28.7. The second kappa shape index (κ2) is 14.7. The first-order chi connectivity index (χ1) is 18.7. The van der Waals surface area contributed by atoms with E-state index in [-0.39, 0.29) is 0 Å². The van der Waals surface area contributed by atoms with Crippen LogP contribution in [0.3, 0.4) is 0 Å². The van der Waals surface area contributed by atoms with Crippen molar-refractivity contribution in [1.29, 1.82) is 0 Å². The third-order valence-electron chi connectivity index (χ3n) is 7.42. The molecule has 1 unspecified atom stereocenters. The number of rotatable bonds is 12. The van der Waals surface area contributed by atoms with Crippen LogP contribution < -0.4 is 20.7 Å².